The molecule has 1 saturated heterocycles. The van der Waals surface area contributed by atoms with Crippen molar-refractivity contribution < 1.29 is 28.5 Å². The van der Waals surface area contributed by atoms with Crippen molar-refractivity contribution in [1.29, 1.82) is 0 Å². The van der Waals surface area contributed by atoms with Gasteiger partial charge in [0.05, 0.1) is 23.4 Å². The van der Waals surface area contributed by atoms with Crippen LogP contribution in [0.5, 0.6) is 23.0 Å². The third-order valence-corrected chi connectivity index (χ3v) is 6.64. The number of nitrogens with zero attached hydrogens (tertiary/aromatic N) is 1. The van der Waals surface area contributed by atoms with Crippen LogP contribution in [0.2, 0.25) is 0 Å². The topological polar surface area (TPSA) is 86.3 Å². The number of amides is 2. The quantitative estimate of drug-likeness (QED) is 0.350. The number of anilines is 2. The van der Waals surface area contributed by atoms with Crippen molar-refractivity contribution in [1.82, 2.24) is 0 Å². The Balaban J connectivity index is 1.21. The summed E-state index contributed by atoms with van der Waals surface area (Å²) in [4.78, 5) is 27.3. The monoisotopic (exact) mass is 520 g/mol. The Morgan fingerprint density at radius 1 is 1.11 bits per heavy atom. The fourth-order valence-electron chi connectivity index (χ4n) is 3.61. The Bertz CT molecular complexity index is 1370. The third kappa shape index (κ3) is 5.00. The van der Waals surface area contributed by atoms with E-state index in [0.29, 0.717) is 43.6 Å². The minimum atomic E-state index is -0.309. The predicted molar refractivity (Wildman–Crippen MR) is 142 cm³/mol. The van der Waals surface area contributed by atoms with E-state index in [9.17, 15) is 9.59 Å². The summed E-state index contributed by atoms with van der Waals surface area (Å²) in [6.07, 6.45) is 1.77. The number of carbonyl (C=O) groups is 2. The molecule has 2 amide bonds. The van der Waals surface area contributed by atoms with Crippen molar-refractivity contribution in [3.05, 3.63) is 77.2 Å². The van der Waals surface area contributed by atoms with Crippen molar-refractivity contribution in [2.24, 2.45) is 0 Å². The van der Waals surface area contributed by atoms with Crippen LogP contribution in [0.4, 0.5) is 11.4 Å². The number of nitrogens with one attached hydrogen (secondary N) is 1. The molecule has 2 heterocycles. The highest BCUT2D eigenvalue weighted by atomic mass is 32.2. The molecule has 2 aliphatic rings. The molecule has 0 unspecified atom stereocenters. The number of thioether (sulfide) groups is 1. The Morgan fingerprint density at radius 2 is 1.89 bits per heavy atom. The van der Waals surface area contributed by atoms with Crippen LogP contribution in [-0.2, 0) is 9.59 Å². The first kappa shape index (κ1) is 23.7. The van der Waals surface area contributed by atoms with Crippen LogP contribution in [0.3, 0.4) is 0 Å². The number of hydrogen-bond donors (Lipinski definition) is 1. The first-order valence-electron chi connectivity index (χ1n) is 10.8. The number of ether oxygens (including phenoxy) is 4. The highest BCUT2D eigenvalue weighted by Gasteiger charge is 2.34. The zero-order valence-electron chi connectivity index (χ0n) is 19.1. The molecule has 0 aromatic heterocycles. The van der Waals surface area contributed by atoms with Gasteiger partial charge in [0.1, 0.15) is 11.5 Å². The lowest BCUT2D eigenvalue weighted by molar-refractivity contribution is -0.118. The van der Waals surface area contributed by atoms with Crippen molar-refractivity contribution in [3.63, 3.8) is 0 Å². The largest absolute Gasteiger partial charge is 0.495 e. The highest BCUT2D eigenvalue weighted by molar-refractivity contribution is 8.27. The number of hydrogen-bond acceptors (Lipinski definition) is 8. The molecule has 2 aliphatic heterocycles. The number of rotatable bonds is 7. The molecule has 0 spiro atoms. The van der Waals surface area contributed by atoms with Crippen LogP contribution in [-0.4, -0.2) is 36.6 Å². The average Bonchev–Trinajstić information content (AvgIpc) is 3.47. The van der Waals surface area contributed by atoms with Crippen LogP contribution in [0.1, 0.15) is 5.56 Å². The van der Waals surface area contributed by atoms with Gasteiger partial charge in [-0.1, -0.05) is 48.2 Å². The molecular weight excluding hydrogens is 500 g/mol. The number of carbonyl (C=O) groups excluding carboxylic acids is 2. The molecule has 1 N–H and O–H groups in total. The number of thiocarbonyl (C=S) groups is 1. The van der Waals surface area contributed by atoms with E-state index < -0.39 is 0 Å². The molecule has 36 heavy (non-hydrogen) atoms. The molecular formula is C26H20N2O6S2. The summed E-state index contributed by atoms with van der Waals surface area (Å²) < 4.78 is 22.0. The van der Waals surface area contributed by atoms with Crippen LogP contribution >= 0.6 is 24.0 Å². The second kappa shape index (κ2) is 10.3. The summed E-state index contributed by atoms with van der Waals surface area (Å²) in [6.45, 7) is -0.00514. The average molecular weight is 521 g/mol. The van der Waals surface area contributed by atoms with E-state index in [2.05, 4.69) is 5.32 Å². The van der Waals surface area contributed by atoms with E-state index in [1.54, 1.807) is 73.8 Å². The second-order valence-corrected chi connectivity index (χ2v) is 9.34. The Morgan fingerprint density at radius 3 is 2.69 bits per heavy atom. The predicted octanol–water partition coefficient (Wildman–Crippen LogP) is 4.85. The minimum Gasteiger partial charge on any atom is -0.495 e. The molecule has 3 aromatic carbocycles. The number of para-hydroxylation sites is 2. The second-order valence-electron chi connectivity index (χ2n) is 7.66. The maximum absolute atomic E-state index is 13.1. The van der Waals surface area contributed by atoms with E-state index in [-0.39, 0.29) is 25.2 Å². The Labute approximate surface area is 216 Å². The molecule has 0 radical (unpaired) electrons. The van der Waals surface area contributed by atoms with Gasteiger partial charge < -0.3 is 24.3 Å². The van der Waals surface area contributed by atoms with Crippen molar-refractivity contribution in [2.75, 3.05) is 30.7 Å². The normalized spacial score (nSPS) is 15.4. The smallest absolute Gasteiger partial charge is 0.270 e. The van der Waals surface area contributed by atoms with Crippen LogP contribution in [0.15, 0.2) is 71.6 Å². The Kier molecular flexibility index (Phi) is 6.79. The maximum Gasteiger partial charge on any atom is 0.270 e. The van der Waals surface area contributed by atoms with E-state index in [4.69, 9.17) is 31.2 Å². The molecule has 5 rings (SSSR count). The molecule has 8 nitrogen and oxygen atoms in total. The lowest BCUT2D eigenvalue weighted by Crippen LogP contribution is -2.27. The molecule has 182 valence electrons. The minimum absolute atomic E-state index is 0.156. The summed E-state index contributed by atoms with van der Waals surface area (Å²) in [5.74, 6) is 1.79. The molecule has 0 bridgehead atoms. The first-order chi connectivity index (χ1) is 17.5. The lowest BCUT2D eigenvalue weighted by atomic mass is 10.2. The molecule has 10 heteroatoms. The van der Waals surface area contributed by atoms with E-state index in [0.717, 1.165) is 5.56 Å². The molecule has 0 aliphatic carbocycles. The van der Waals surface area contributed by atoms with E-state index in [1.165, 1.54) is 16.7 Å². The summed E-state index contributed by atoms with van der Waals surface area (Å²) in [5.41, 5.74) is 1.99. The molecule has 3 aromatic rings. The first-order valence-corrected chi connectivity index (χ1v) is 12.1. The third-order valence-electron chi connectivity index (χ3n) is 5.34. The van der Waals surface area contributed by atoms with Gasteiger partial charge in [0.25, 0.3) is 11.8 Å². The van der Waals surface area contributed by atoms with Gasteiger partial charge in [0, 0.05) is 6.07 Å². The van der Waals surface area contributed by atoms with Crippen molar-refractivity contribution in [2.45, 2.75) is 0 Å². The molecule has 0 atom stereocenters. The summed E-state index contributed by atoms with van der Waals surface area (Å²) in [7, 11) is 1.54. The van der Waals surface area contributed by atoms with Crippen molar-refractivity contribution in [3.8, 4) is 23.0 Å². The van der Waals surface area contributed by atoms with Crippen LogP contribution in [0.25, 0.3) is 6.08 Å². The summed E-state index contributed by atoms with van der Waals surface area (Å²) in [5, 5.41) is 2.76. The number of methoxy groups -OCH3 is 1. The van der Waals surface area contributed by atoms with Gasteiger partial charge in [-0.2, -0.15) is 0 Å². The Hall–Kier alpha value is -4.02. The molecule has 1 fully saturated rings. The lowest BCUT2D eigenvalue weighted by Gasteiger charge is -2.14. The van der Waals surface area contributed by atoms with E-state index >= 15 is 0 Å². The number of benzene rings is 3. The van der Waals surface area contributed by atoms with Gasteiger partial charge >= 0.3 is 0 Å². The van der Waals surface area contributed by atoms with Gasteiger partial charge in [-0.3, -0.25) is 14.5 Å². The zero-order chi connectivity index (χ0) is 25.1. The van der Waals surface area contributed by atoms with Gasteiger partial charge in [-0.25, -0.2) is 0 Å². The van der Waals surface area contributed by atoms with Gasteiger partial charge in [-0.15, -0.1) is 0 Å². The number of fused-ring (bicyclic) bond motifs is 1. The van der Waals surface area contributed by atoms with E-state index in [1.807, 2.05) is 6.07 Å². The van der Waals surface area contributed by atoms with Crippen LogP contribution < -0.4 is 29.2 Å². The van der Waals surface area contributed by atoms with Gasteiger partial charge in [0.2, 0.25) is 6.79 Å². The highest BCUT2D eigenvalue weighted by Crippen LogP contribution is 2.40. The van der Waals surface area contributed by atoms with Crippen molar-refractivity contribution >= 4 is 57.6 Å². The summed E-state index contributed by atoms with van der Waals surface area (Å²) >= 11 is 6.68. The molecule has 0 saturated carbocycles. The van der Waals surface area contributed by atoms with Crippen LogP contribution in [0, 0.1) is 0 Å². The maximum atomic E-state index is 13.1. The fraction of sp³-hybridized carbons (Fsp3) is 0.115. The summed E-state index contributed by atoms with van der Waals surface area (Å²) in [6, 6.07) is 19.5. The van der Waals surface area contributed by atoms with Gasteiger partial charge in [0.15, 0.2) is 22.4 Å². The standard InChI is InChI=1S/C26H20N2O6S2/c1-31-20-5-3-2-4-19(20)27-24(29)14-32-18-9-6-16(7-10-18)12-23-25(30)28(26(35)36-23)17-8-11-21-22(13-17)34-15-33-21/h2-13H,14-15H2,1H3,(H,27,29). The fourth-order valence-corrected chi connectivity index (χ4v) is 4.91. The van der Waals surface area contributed by atoms with Gasteiger partial charge in [-0.05, 0) is 48.0 Å². The SMILES string of the molecule is COc1ccccc1NC(=O)COc1ccc(C=C2SC(=S)N(c3ccc4c(c3)OCO4)C2=O)cc1. The zero-order valence-corrected chi connectivity index (χ0v) is 20.7.